The lowest BCUT2D eigenvalue weighted by Crippen LogP contribution is -2.41. The van der Waals surface area contributed by atoms with Crippen LogP contribution in [0.15, 0.2) is 18.2 Å². The van der Waals surface area contributed by atoms with Crippen LogP contribution in [-0.2, 0) is 21.2 Å². The smallest absolute Gasteiger partial charge is 0.226 e. The maximum Gasteiger partial charge on any atom is 0.226 e. The highest BCUT2D eigenvalue weighted by Crippen LogP contribution is 2.35. The second-order valence-electron chi connectivity index (χ2n) is 6.37. The predicted molar refractivity (Wildman–Crippen MR) is 93.3 cm³/mol. The summed E-state index contributed by atoms with van der Waals surface area (Å²) >= 11 is 0. The van der Waals surface area contributed by atoms with E-state index < -0.39 is 10.0 Å². The second-order valence-corrected chi connectivity index (χ2v) is 8.46. The Bertz CT molecular complexity index is 729. The molecule has 1 atom stereocenters. The third-order valence-corrected chi connectivity index (χ3v) is 6.54. The number of sulfonamides is 1. The molecule has 8 heteroatoms. The number of benzene rings is 1. The Morgan fingerprint density at radius 3 is 2.84 bits per heavy atom. The SMILES string of the molecule is COc1cccc2c1OC[C@H](C(=O)NCCS(=O)(=O)N1CCCC1)C2. The number of carbonyl (C=O) groups excluding carboxylic acids is 1. The Kier molecular flexibility index (Phi) is 5.48. The van der Waals surface area contributed by atoms with Crippen LogP contribution >= 0.6 is 0 Å². The van der Waals surface area contributed by atoms with E-state index in [1.807, 2.05) is 18.2 Å². The topological polar surface area (TPSA) is 84.9 Å². The minimum atomic E-state index is -3.27. The first-order valence-corrected chi connectivity index (χ1v) is 10.2. The molecule has 1 N–H and O–H groups in total. The first-order chi connectivity index (χ1) is 12.0. The molecule has 1 saturated heterocycles. The van der Waals surface area contributed by atoms with Crippen LogP contribution < -0.4 is 14.8 Å². The van der Waals surface area contributed by atoms with Gasteiger partial charge in [0.2, 0.25) is 15.9 Å². The number of hydrogen-bond acceptors (Lipinski definition) is 5. The highest BCUT2D eigenvalue weighted by Gasteiger charge is 2.29. The molecular weight excluding hydrogens is 344 g/mol. The minimum Gasteiger partial charge on any atom is -0.493 e. The van der Waals surface area contributed by atoms with E-state index in [-0.39, 0.29) is 30.7 Å². The van der Waals surface area contributed by atoms with E-state index in [0.717, 1.165) is 18.4 Å². The molecule has 0 unspecified atom stereocenters. The van der Waals surface area contributed by atoms with Crippen LogP contribution in [0.5, 0.6) is 11.5 Å². The monoisotopic (exact) mass is 368 g/mol. The van der Waals surface area contributed by atoms with Gasteiger partial charge in [-0.2, -0.15) is 0 Å². The quantitative estimate of drug-likeness (QED) is 0.802. The number of fused-ring (bicyclic) bond motifs is 1. The van der Waals surface area contributed by atoms with Gasteiger partial charge in [-0.1, -0.05) is 12.1 Å². The van der Waals surface area contributed by atoms with E-state index in [9.17, 15) is 13.2 Å². The van der Waals surface area contributed by atoms with E-state index in [0.29, 0.717) is 31.0 Å². The maximum absolute atomic E-state index is 12.3. The van der Waals surface area contributed by atoms with E-state index in [1.165, 1.54) is 4.31 Å². The lowest BCUT2D eigenvalue weighted by molar-refractivity contribution is -0.126. The standard InChI is InChI=1S/C17H24N2O5S/c1-23-15-6-4-5-13-11-14(12-24-16(13)15)17(20)18-7-10-25(21,22)19-8-2-3-9-19/h4-6,14H,2-3,7-12H2,1H3,(H,18,20)/t14-/m1/s1. The number of hydrogen-bond donors (Lipinski definition) is 1. The summed E-state index contributed by atoms with van der Waals surface area (Å²) in [4.78, 5) is 12.3. The van der Waals surface area contributed by atoms with Crippen molar-refractivity contribution in [3.05, 3.63) is 23.8 Å². The van der Waals surface area contributed by atoms with Crippen LogP contribution in [0.4, 0.5) is 0 Å². The highest BCUT2D eigenvalue weighted by molar-refractivity contribution is 7.89. The fourth-order valence-corrected chi connectivity index (χ4v) is 4.70. The average Bonchev–Trinajstić information content (AvgIpc) is 3.16. The summed E-state index contributed by atoms with van der Waals surface area (Å²) in [6.07, 6.45) is 2.37. The van der Waals surface area contributed by atoms with Crippen molar-refractivity contribution >= 4 is 15.9 Å². The number of amides is 1. The van der Waals surface area contributed by atoms with Gasteiger partial charge in [-0.15, -0.1) is 0 Å². The van der Waals surface area contributed by atoms with Gasteiger partial charge in [0.1, 0.15) is 6.61 Å². The normalized spacial score (nSPS) is 20.6. The van der Waals surface area contributed by atoms with Crippen molar-refractivity contribution in [1.82, 2.24) is 9.62 Å². The van der Waals surface area contributed by atoms with Crippen LogP contribution in [-0.4, -0.2) is 57.7 Å². The van der Waals surface area contributed by atoms with E-state index in [4.69, 9.17) is 9.47 Å². The van der Waals surface area contributed by atoms with Crippen molar-refractivity contribution in [2.45, 2.75) is 19.3 Å². The van der Waals surface area contributed by atoms with Crippen LogP contribution in [0.1, 0.15) is 18.4 Å². The number of ether oxygens (including phenoxy) is 2. The molecule has 3 rings (SSSR count). The molecule has 1 amide bonds. The largest absolute Gasteiger partial charge is 0.493 e. The fourth-order valence-electron chi connectivity index (χ4n) is 3.27. The molecule has 2 aliphatic heterocycles. The van der Waals surface area contributed by atoms with Crippen LogP contribution in [0.25, 0.3) is 0 Å². The molecule has 1 fully saturated rings. The number of nitrogens with one attached hydrogen (secondary N) is 1. The van der Waals surface area contributed by atoms with Gasteiger partial charge in [-0.25, -0.2) is 12.7 Å². The summed E-state index contributed by atoms with van der Waals surface area (Å²) in [6.45, 7) is 1.56. The third kappa shape index (κ3) is 4.07. The average molecular weight is 368 g/mol. The van der Waals surface area contributed by atoms with Gasteiger partial charge >= 0.3 is 0 Å². The Hall–Kier alpha value is -1.80. The van der Waals surface area contributed by atoms with Crippen molar-refractivity contribution in [2.75, 3.05) is 39.1 Å². The van der Waals surface area contributed by atoms with Crippen molar-refractivity contribution < 1.29 is 22.7 Å². The Balaban J connectivity index is 1.52. The number of rotatable bonds is 6. The van der Waals surface area contributed by atoms with Gasteiger partial charge in [0.15, 0.2) is 11.5 Å². The van der Waals surface area contributed by atoms with Crippen molar-refractivity contribution in [3.8, 4) is 11.5 Å². The summed E-state index contributed by atoms with van der Waals surface area (Å²) < 4.78 is 36.8. The molecule has 0 aromatic heterocycles. The van der Waals surface area contributed by atoms with Gasteiger partial charge in [-0.05, 0) is 30.9 Å². The summed E-state index contributed by atoms with van der Waals surface area (Å²) in [5, 5.41) is 2.74. The van der Waals surface area contributed by atoms with Gasteiger partial charge in [-0.3, -0.25) is 4.79 Å². The number of para-hydroxylation sites is 1. The number of nitrogens with zero attached hydrogens (tertiary/aromatic N) is 1. The van der Waals surface area contributed by atoms with Crippen LogP contribution in [0.3, 0.4) is 0 Å². The van der Waals surface area contributed by atoms with Crippen LogP contribution in [0, 0.1) is 5.92 Å². The fraction of sp³-hybridized carbons (Fsp3) is 0.588. The molecule has 0 saturated carbocycles. The van der Waals surface area contributed by atoms with Crippen molar-refractivity contribution in [1.29, 1.82) is 0 Å². The zero-order chi connectivity index (χ0) is 17.9. The minimum absolute atomic E-state index is 0.0588. The van der Waals surface area contributed by atoms with Crippen molar-refractivity contribution in [2.24, 2.45) is 5.92 Å². The van der Waals surface area contributed by atoms with E-state index in [2.05, 4.69) is 5.32 Å². The molecular formula is C17H24N2O5S. The highest BCUT2D eigenvalue weighted by atomic mass is 32.2. The molecule has 2 heterocycles. The Morgan fingerprint density at radius 1 is 1.36 bits per heavy atom. The molecule has 7 nitrogen and oxygen atoms in total. The van der Waals surface area contributed by atoms with Crippen LogP contribution in [0.2, 0.25) is 0 Å². The Labute approximate surface area is 148 Å². The second kappa shape index (κ2) is 7.61. The molecule has 0 bridgehead atoms. The number of carbonyl (C=O) groups is 1. The van der Waals surface area contributed by atoms with Gasteiger partial charge in [0, 0.05) is 19.6 Å². The third-order valence-electron chi connectivity index (χ3n) is 4.66. The van der Waals surface area contributed by atoms with Crippen molar-refractivity contribution in [3.63, 3.8) is 0 Å². The van der Waals surface area contributed by atoms with Gasteiger partial charge < -0.3 is 14.8 Å². The molecule has 0 spiro atoms. The zero-order valence-electron chi connectivity index (χ0n) is 14.4. The first kappa shape index (κ1) is 18.0. The summed E-state index contributed by atoms with van der Waals surface area (Å²) in [6, 6.07) is 5.60. The summed E-state index contributed by atoms with van der Waals surface area (Å²) in [7, 11) is -1.69. The molecule has 2 aliphatic rings. The number of methoxy groups -OCH3 is 1. The molecule has 0 radical (unpaired) electrons. The lowest BCUT2D eigenvalue weighted by Gasteiger charge is -2.26. The molecule has 25 heavy (non-hydrogen) atoms. The molecule has 138 valence electrons. The first-order valence-electron chi connectivity index (χ1n) is 8.55. The molecule has 1 aromatic carbocycles. The molecule has 1 aromatic rings. The maximum atomic E-state index is 12.3. The summed E-state index contributed by atoms with van der Waals surface area (Å²) in [5.74, 6) is 0.786. The van der Waals surface area contributed by atoms with E-state index in [1.54, 1.807) is 7.11 Å². The molecule has 0 aliphatic carbocycles. The lowest BCUT2D eigenvalue weighted by atomic mass is 9.95. The van der Waals surface area contributed by atoms with Gasteiger partial charge in [0.05, 0.1) is 18.8 Å². The zero-order valence-corrected chi connectivity index (χ0v) is 15.2. The predicted octanol–water partition coefficient (Wildman–Crippen LogP) is 0.788. The van der Waals surface area contributed by atoms with Gasteiger partial charge in [0.25, 0.3) is 0 Å². The van der Waals surface area contributed by atoms with E-state index >= 15 is 0 Å². The Morgan fingerprint density at radius 2 is 2.12 bits per heavy atom. The summed E-state index contributed by atoms with van der Waals surface area (Å²) in [5.41, 5.74) is 0.926.